The Hall–Kier alpha value is -0.340. The van der Waals surface area contributed by atoms with E-state index in [2.05, 4.69) is 26.0 Å². The fourth-order valence-corrected chi connectivity index (χ4v) is 3.06. The van der Waals surface area contributed by atoms with Gasteiger partial charge in [0.2, 0.25) is 0 Å². The van der Waals surface area contributed by atoms with Gasteiger partial charge in [0.15, 0.2) is 0 Å². The molecule has 0 bridgehead atoms. The van der Waals surface area contributed by atoms with E-state index in [0.29, 0.717) is 0 Å². The number of nitrogens with two attached hydrogens (primary N) is 1. The summed E-state index contributed by atoms with van der Waals surface area (Å²) in [4.78, 5) is 2.83. The van der Waals surface area contributed by atoms with Crippen LogP contribution in [-0.4, -0.2) is 0 Å². The van der Waals surface area contributed by atoms with Crippen molar-refractivity contribution < 1.29 is 0 Å². The van der Waals surface area contributed by atoms with Crippen LogP contribution in [0.15, 0.2) is 12.1 Å². The molecule has 1 rings (SSSR count). The van der Waals surface area contributed by atoms with Gasteiger partial charge in [-0.15, -0.1) is 11.3 Å². The summed E-state index contributed by atoms with van der Waals surface area (Å²) in [5.41, 5.74) is 6.21. The molecule has 0 aliphatic carbocycles. The molecule has 0 saturated heterocycles. The average molecular weight is 253 g/mol. The maximum Gasteiger partial charge on any atom is 0.0389 e. The third-order valence-corrected chi connectivity index (χ3v) is 4.63. The second-order valence-electron chi connectivity index (χ2n) is 4.82. The molecule has 0 fully saturated rings. The van der Waals surface area contributed by atoms with Crippen LogP contribution < -0.4 is 5.73 Å². The Bertz CT molecular complexity index is 293. The SMILES string of the molecule is CCCCCCCCC(N)c1ccc(CC)s1. The van der Waals surface area contributed by atoms with Gasteiger partial charge >= 0.3 is 0 Å². The van der Waals surface area contributed by atoms with Crippen molar-refractivity contribution in [2.75, 3.05) is 0 Å². The van der Waals surface area contributed by atoms with Gasteiger partial charge in [0.05, 0.1) is 0 Å². The minimum absolute atomic E-state index is 0.270. The van der Waals surface area contributed by atoms with Gasteiger partial charge in [-0.2, -0.15) is 0 Å². The highest BCUT2D eigenvalue weighted by molar-refractivity contribution is 7.12. The van der Waals surface area contributed by atoms with Crippen molar-refractivity contribution in [3.63, 3.8) is 0 Å². The minimum Gasteiger partial charge on any atom is -0.323 e. The van der Waals surface area contributed by atoms with Crippen LogP contribution in [0.2, 0.25) is 0 Å². The predicted molar refractivity (Wildman–Crippen MR) is 78.6 cm³/mol. The highest BCUT2D eigenvalue weighted by Gasteiger charge is 2.08. The van der Waals surface area contributed by atoms with Crippen LogP contribution >= 0.6 is 11.3 Å². The van der Waals surface area contributed by atoms with Gasteiger partial charge in [0.1, 0.15) is 0 Å². The quantitative estimate of drug-likeness (QED) is 0.612. The lowest BCUT2D eigenvalue weighted by atomic mass is 10.1. The molecular weight excluding hydrogens is 226 g/mol. The molecule has 0 aliphatic rings. The van der Waals surface area contributed by atoms with E-state index in [-0.39, 0.29) is 6.04 Å². The van der Waals surface area contributed by atoms with Crippen LogP contribution in [0, 0.1) is 0 Å². The maximum absolute atomic E-state index is 6.21. The van der Waals surface area contributed by atoms with Crippen LogP contribution in [0.25, 0.3) is 0 Å². The van der Waals surface area contributed by atoms with Gasteiger partial charge in [0, 0.05) is 15.8 Å². The number of rotatable bonds is 9. The molecule has 1 aromatic rings. The van der Waals surface area contributed by atoms with E-state index in [0.717, 1.165) is 12.8 Å². The first-order valence-electron chi connectivity index (χ1n) is 7.12. The molecule has 0 aliphatic heterocycles. The lowest BCUT2D eigenvalue weighted by molar-refractivity contribution is 0.551. The molecule has 1 nitrogen and oxygen atoms in total. The third-order valence-electron chi connectivity index (χ3n) is 3.27. The zero-order valence-electron chi connectivity index (χ0n) is 11.4. The summed E-state index contributed by atoms with van der Waals surface area (Å²) in [5.74, 6) is 0. The van der Waals surface area contributed by atoms with Crippen LogP contribution in [0.1, 0.15) is 74.6 Å². The summed E-state index contributed by atoms with van der Waals surface area (Å²) in [6.45, 7) is 4.47. The maximum atomic E-state index is 6.21. The van der Waals surface area contributed by atoms with Gasteiger partial charge in [0.25, 0.3) is 0 Å². The lowest BCUT2D eigenvalue weighted by Gasteiger charge is -2.09. The molecule has 0 spiro atoms. The topological polar surface area (TPSA) is 26.0 Å². The van der Waals surface area contributed by atoms with Gasteiger partial charge in [-0.3, -0.25) is 0 Å². The van der Waals surface area contributed by atoms with Crippen LogP contribution in [-0.2, 0) is 6.42 Å². The number of hydrogen-bond acceptors (Lipinski definition) is 2. The number of hydrogen-bond donors (Lipinski definition) is 1. The summed E-state index contributed by atoms with van der Waals surface area (Å²) in [5, 5.41) is 0. The summed E-state index contributed by atoms with van der Waals surface area (Å²) < 4.78 is 0. The van der Waals surface area contributed by atoms with Crippen molar-refractivity contribution in [1.82, 2.24) is 0 Å². The molecule has 0 saturated carbocycles. The van der Waals surface area contributed by atoms with Crippen molar-refractivity contribution >= 4 is 11.3 Å². The fourth-order valence-electron chi connectivity index (χ4n) is 2.07. The molecule has 1 aromatic heterocycles. The molecule has 98 valence electrons. The Morgan fingerprint density at radius 1 is 1.06 bits per heavy atom. The van der Waals surface area contributed by atoms with Crippen LogP contribution in [0.4, 0.5) is 0 Å². The number of aryl methyl sites for hydroxylation is 1. The first-order valence-corrected chi connectivity index (χ1v) is 7.93. The van der Waals surface area contributed by atoms with Crippen molar-refractivity contribution in [3.8, 4) is 0 Å². The molecule has 0 aromatic carbocycles. The zero-order chi connectivity index (χ0) is 12.5. The van der Waals surface area contributed by atoms with Crippen molar-refractivity contribution in [3.05, 3.63) is 21.9 Å². The minimum atomic E-state index is 0.270. The van der Waals surface area contributed by atoms with Gasteiger partial charge in [-0.05, 0) is 25.0 Å². The smallest absolute Gasteiger partial charge is 0.0389 e. The fraction of sp³-hybridized carbons (Fsp3) is 0.733. The van der Waals surface area contributed by atoms with E-state index < -0.39 is 0 Å². The number of unbranched alkanes of at least 4 members (excludes halogenated alkanes) is 5. The number of thiophene rings is 1. The Balaban J connectivity index is 2.14. The van der Waals surface area contributed by atoms with Gasteiger partial charge in [-0.25, -0.2) is 0 Å². The Morgan fingerprint density at radius 3 is 2.41 bits per heavy atom. The molecule has 2 heteroatoms. The molecule has 1 atom stereocenters. The molecule has 0 amide bonds. The Kier molecular flexibility index (Phi) is 7.54. The summed E-state index contributed by atoms with van der Waals surface area (Å²) in [6.07, 6.45) is 10.4. The van der Waals surface area contributed by atoms with E-state index >= 15 is 0 Å². The first kappa shape index (κ1) is 14.7. The monoisotopic (exact) mass is 253 g/mol. The Labute approximate surface area is 110 Å². The van der Waals surface area contributed by atoms with E-state index in [4.69, 9.17) is 5.73 Å². The van der Waals surface area contributed by atoms with Crippen LogP contribution in [0.5, 0.6) is 0 Å². The van der Waals surface area contributed by atoms with Gasteiger partial charge < -0.3 is 5.73 Å². The zero-order valence-corrected chi connectivity index (χ0v) is 12.2. The second kappa shape index (κ2) is 8.71. The van der Waals surface area contributed by atoms with Crippen molar-refractivity contribution in [2.45, 2.75) is 71.3 Å². The standard InChI is InChI=1S/C15H27NS/c1-3-5-6-7-8-9-10-14(16)15-12-11-13(4-2)17-15/h11-12,14H,3-10,16H2,1-2H3. The highest BCUT2D eigenvalue weighted by Crippen LogP contribution is 2.25. The van der Waals surface area contributed by atoms with Gasteiger partial charge in [-0.1, -0.05) is 52.4 Å². The van der Waals surface area contributed by atoms with Crippen molar-refractivity contribution in [1.29, 1.82) is 0 Å². The lowest BCUT2D eigenvalue weighted by Crippen LogP contribution is -2.08. The molecule has 0 radical (unpaired) electrons. The first-order chi connectivity index (χ1) is 8.27. The molecular formula is C15H27NS. The molecule has 17 heavy (non-hydrogen) atoms. The largest absolute Gasteiger partial charge is 0.323 e. The third kappa shape index (κ3) is 5.69. The van der Waals surface area contributed by atoms with E-state index in [1.807, 2.05) is 11.3 Å². The Morgan fingerprint density at radius 2 is 1.76 bits per heavy atom. The van der Waals surface area contributed by atoms with E-state index in [9.17, 15) is 0 Å². The summed E-state index contributed by atoms with van der Waals surface area (Å²) in [7, 11) is 0. The summed E-state index contributed by atoms with van der Waals surface area (Å²) in [6, 6.07) is 4.71. The average Bonchev–Trinajstić information content (AvgIpc) is 2.82. The summed E-state index contributed by atoms with van der Waals surface area (Å²) >= 11 is 1.89. The molecule has 1 unspecified atom stereocenters. The molecule has 2 N–H and O–H groups in total. The predicted octanol–water partition coefficient (Wildman–Crippen LogP) is 5.06. The molecule has 1 heterocycles. The van der Waals surface area contributed by atoms with E-state index in [1.54, 1.807) is 0 Å². The van der Waals surface area contributed by atoms with Crippen LogP contribution in [0.3, 0.4) is 0 Å². The van der Waals surface area contributed by atoms with E-state index in [1.165, 1.54) is 48.3 Å². The highest BCUT2D eigenvalue weighted by atomic mass is 32.1. The normalized spacial score (nSPS) is 12.9. The second-order valence-corrected chi connectivity index (χ2v) is 6.02. The van der Waals surface area contributed by atoms with Crippen molar-refractivity contribution in [2.24, 2.45) is 5.73 Å².